The maximum Gasteiger partial charge on any atom is 0.120 e. The van der Waals surface area contributed by atoms with Gasteiger partial charge in [0.25, 0.3) is 0 Å². The lowest BCUT2D eigenvalue weighted by molar-refractivity contribution is 0.435. The van der Waals surface area contributed by atoms with E-state index in [4.69, 9.17) is 11.5 Å². The zero-order valence-electron chi connectivity index (χ0n) is 5.32. The number of hydrogen-bond acceptors (Lipinski definition) is 2. The highest BCUT2D eigenvalue weighted by Crippen LogP contribution is 2.18. The van der Waals surface area contributed by atoms with Crippen molar-refractivity contribution in [2.75, 3.05) is 0 Å². The molecule has 50 valence electrons. The van der Waals surface area contributed by atoms with Gasteiger partial charge in [0.1, 0.15) is 3.67 Å². The van der Waals surface area contributed by atoms with E-state index in [1.165, 1.54) is 0 Å². The molecule has 0 radical (unpaired) electrons. The van der Waals surface area contributed by atoms with Gasteiger partial charge in [0.05, 0.1) is 0 Å². The predicted octanol–water partition coefficient (Wildman–Crippen LogP) is 1.04. The molecule has 0 rings (SSSR count). The second-order valence-corrected chi connectivity index (χ2v) is 4.01. The summed E-state index contributed by atoms with van der Waals surface area (Å²) in [4.78, 5) is 0. The minimum atomic E-state index is -0.521. The molecule has 8 heavy (non-hydrogen) atoms. The van der Waals surface area contributed by atoms with Gasteiger partial charge in [-0.25, -0.2) is 0 Å². The molecule has 0 aliphatic carbocycles. The fraction of sp³-hybridized carbons (Fsp3) is 1.00. The molecule has 0 spiro atoms. The van der Waals surface area contributed by atoms with Crippen LogP contribution >= 0.6 is 22.6 Å². The Labute approximate surface area is 64.1 Å². The maximum absolute atomic E-state index is 5.55. The zero-order chi connectivity index (χ0) is 6.78. The highest BCUT2D eigenvalue weighted by atomic mass is 127. The highest BCUT2D eigenvalue weighted by Gasteiger charge is 2.20. The summed E-state index contributed by atoms with van der Waals surface area (Å²) in [5, 5.41) is 0. The van der Waals surface area contributed by atoms with Crippen LogP contribution in [-0.4, -0.2) is 3.67 Å². The number of halogens is 1. The van der Waals surface area contributed by atoms with Gasteiger partial charge in [-0.15, -0.1) is 0 Å². The smallest absolute Gasteiger partial charge is 0.120 e. The number of rotatable bonds is 2. The second kappa shape index (κ2) is 2.98. The van der Waals surface area contributed by atoms with Crippen molar-refractivity contribution < 1.29 is 0 Å². The minimum absolute atomic E-state index is 0.392. The van der Waals surface area contributed by atoms with Gasteiger partial charge in [0.15, 0.2) is 0 Å². The molecule has 3 heteroatoms. The van der Waals surface area contributed by atoms with Crippen LogP contribution in [0.1, 0.15) is 20.3 Å². The SMILES string of the molecule is CCC(C)C(N)(N)I. The lowest BCUT2D eigenvalue weighted by Gasteiger charge is -2.23. The summed E-state index contributed by atoms with van der Waals surface area (Å²) in [5.74, 6) is 0.392. The van der Waals surface area contributed by atoms with Crippen LogP contribution < -0.4 is 11.5 Å². The summed E-state index contributed by atoms with van der Waals surface area (Å²) in [7, 11) is 0. The van der Waals surface area contributed by atoms with Crippen molar-refractivity contribution in [3.05, 3.63) is 0 Å². The first-order valence-electron chi connectivity index (χ1n) is 2.75. The van der Waals surface area contributed by atoms with E-state index in [0.717, 1.165) is 6.42 Å². The van der Waals surface area contributed by atoms with E-state index in [-0.39, 0.29) is 0 Å². The normalized spacial score (nSPS) is 16.1. The molecule has 1 atom stereocenters. The number of alkyl halides is 1. The van der Waals surface area contributed by atoms with Crippen LogP contribution in [0.25, 0.3) is 0 Å². The topological polar surface area (TPSA) is 52.0 Å². The molecular weight excluding hydrogens is 215 g/mol. The van der Waals surface area contributed by atoms with Gasteiger partial charge in [0, 0.05) is 0 Å². The van der Waals surface area contributed by atoms with Crippen molar-refractivity contribution in [1.82, 2.24) is 0 Å². The molecule has 0 aromatic heterocycles. The summed E-state index contributed by atoms with van der Waals surface area (Å²) < 4.78 is -0.521. The molecule has 0 bridgehead atoms. The van der Waals surface area contributed by atoms with Crippen molar-refractivity contribution in [1.29, 1.82) is 0 Å². The van der Waals surface area contributed by atoms with Crippen LogP contribution in [0.3, 0.4) is 0 Å². The highest BCUT2D eigenvalue weighted by molar-refractivity contribution is 14.1. The van der Waals surface area contributed by atoms with Crippen molar-refractivity contribution in [3.8, 4) is 0 Å². The van der Waals surface area contributed by atoms with Gasteiger partial charge in [-0.3, -0.25) is 0 Å². The van der Waals surface area contributed by atoms with Gasteiger partial charge in [0.2, 0.25) is 0 Å². The average Bonchev–Trinajstić information content (AvgIpc) is 1.62. The fourth-order valence-corrected chi connectivity index (χ4v) is 0.753. The van der Waals surface area contributed by atoms with E-state index >= 15 is 0 Å². The Bertz CT molecular complexity index is 67.3. The molecule has 0 amide bonds. The van der Waals surface area contributed by atoms with Crippen LogP contribution in [0.2, 0.25) is 0 Å². The van der Waals surface area contributed by atoms with E-state index in [0.29, 0.717) is 5.92 Å². The Morgan fingerprint density at radius 2 is 2.00 bits per heavy atom. The Kier molecular flexibility index (Phi) is 3.23. The van der Waals surface area contributed by atoms with E-state index in [9.17, 15) is 0 Å². The quantitative estimate of drug-likeness (QED) is 0.321. The van der Waals surface area contributed by atoms with E-state index in [1.54, 1.807) is 0 Å². The third kappa shape index (κ3) is 2.84. The maximum atomic E-state index is 5.55. The van der Waals surface area contributed by atoms with Gasteiger partial charge in [-0.05, 0) is 34.9 Å². The van der Waals surface area contributed by atoms with Crippen LogP contribution in [0, 0.1) is 5.92 Å². The molecule has 1 unspecified atom stereocenters. The minimum Gasteiger partial charge on any atom is -0.305 e. The van der Waals surface area contributed by atoms with Crippen LogP contribution in [0.4, 0.5) is 0 Å². The van der Waals surface area contributed by atoms with Crippen LogP contribution in [-0.2, 0) is 0 Å². The first kappa shape index (κ1) is 8.65. The molecule has 0 heterocycles. The first-order chi connectivity index (χ1) is 3.48. The third-order valence-electron chi connectivity index (χ3n) is 1.37. The summed E-state index contributed by atoms with van der Waals surface area (Å²) in [6, 6.07) is 0. The third-order valence-corrected chi connectivity index (χ3v) is 2.43. The predicted molar refractivity (Wildman–Crippen MR) is 44.6 cm³/mol. The van der Waals surface area contributed by atoms with Gasteiger partial charge in [-0.2, -0.15) is 0 Å². The van der Waals surface area contributed by atoms with E-state index in [1.807, 2.05) is 6.92 Å². The van der Waals surface area contributed by atoms with Gasteiger partial charge < -0.3 is 11.5 Å². The Morgan fingerprint density at radius 3 is 2.00 bits per heavy atom. The fourth-order valence-electron chi connectivity index (χ4n) is 0.313. The molecule has 0 aliphatic rings. The number of hydrogen-bond donors (Lipinski definition) is 2. The van der Waals surface area contributed by atoms with E-state index < -0.39 is 3.67 Å². The summed E-state index contributed by atoms with van der Waals surface area (Å²) in [6.07, 6.45) is 1.04. The van der Waals surface area contributed by atoms with Crippen molar-refractivity contribution in [2.45, 2.75) is 23.9 Å². The second-order valence-electron chi connectivity index (χ2n) is 2.14. The molecule has 0 saturated carbocycles. The van der Waals surface area contributed by atoms with Gasteiger partial charge in [-0.1, -0.05) is 13.8 Å². The van der Waals surface area contributed by atoms with Crippen molar-refractivity contribution >= 4 is 22.6 Å². The lowest BCUT2D eigenvalue weighted by atomic mass is 10.1. The molecule has 2 nitrogen and oxygen atoms in total. The Balaban J connectivity index is 3.62. The summed E-state index contributed by atoms with van der Waals surface area (Å²) in [5.41, 5.74) is 11.1. The number of nitrogens with two attached hydrogens (primary N) is 2. The lowest BCUT2D eigenvalue weighted by Crippen LogP contribution is -2.48. The summed E-state index contributed by atoms with van der Waals surface area (Å²) >= 11 is 2.06. The standard InChI is InChI=1S/C5H13IN2/c1-3-4(2)5(6,7)8/h4H,3,7-8H2,1-2H3. The van der Waals surface area contributed by atoms with Crippen LogP contribution in [0.15, 0.2) is 0 Å². The molecule has 0 aromatic rings. The molecule has 0 fully saturated rings. The molecule has 0 aliphatic heterocycles. The first-order valence-corrected chi connectivity index (χ1v) is 3.83. The molecule has 0 aromatic carbocycles. The average molecular weight is 228 g/mol. The summed E-state index contributed by atoms with van der Waals surface area (Å²) in [6.45, 7) is 4.13. The van der Waals surface area contributed by atoms with Gasteiger partial charge >= 0.3 is 0 Å². The van der Waals surface area contributed by atoms with Crippen molar-refractivity contribution in [3.63, 3.8) is 0 Å². The van der Waals surface area contributed by atoms with Crippen molar-refractivity contribution in [2.24, 2.45) is 17.4 Å². The van der Waals surface area contributed by atoms with E-state index in [2.05, 4.69) is 29.5 Å². The molecule has 4 N–H and O–H groups in total. The Hall–Kier alpha value is 0.650. The largest absolute Gasteiger partial charge is 0.305 e. The molecular formula is C5H13IN2. The Morgan fingerprint density at radius 1 is 1.62 bits per heavy atom. The molecule has 0 saturated heterocycles. The monoisotopic (exact) mass is 228 g/mol. The zero-order valence-corrected chi connectivity index (χ0v) is 7.47. The van der Waals surface area contributed by atoms with Crippen LogP contribution in [0.5, 0.6) is 0 Å².